The fourth-order valence-electron chi connectivity index (χ4n) is 1.07. The van der Waals surface area contributed by atoms with Gasteiger partial charge in [-0.25, -0.2) is 0 Å². The van der Waals surface area contributed by atoms with E-state index in [0.29, 0.717) is 0 Å². The first-order valence-electron chi connectivity index (χ1n) is 5.27. The lowest BCUT2D eigenvalue weighted by Gasteiger charge is -2.07. The highest BCUT2D eigenvalue weighted by Gasteiger charge is 2.18. The minimum absolute atomic E-state index is 0.0623. The summed E-state index contributed by atoms with van der Waals surface area (Å²) in [6.07, 6.45) is -0.742. The summed E-state index contributed by atoms with van der Waals surface area (Å²) in [6, 6.07) is -0.0667. The molecule has 5 nitrogen and oxygen atoms in total. The number of aliphatic carboxylic acids is 1. The summed E-state index contributed by atoms with van der Waals surface area (Å²) in [7, 11) is 0. The lowest BCUT2D eigenvalue weighted by atomic mass is 10.0. The number of halogens is 1. The van der Waals surface area contributed by atoms with E-state index in [0.717, 1.165) is 0 Å². The quantitative estimate of drug-likeness (QED) is 0.539. The van der Waals surface area contributed by atoms with E-state index in [9.17, 15) is 9.59 Å². The molecule has 1 atom stereocenters. The topological polar surface area (TPSA) is 106 Å². The van der Waals surface area contributed by atoms with E-state index in [1.807, 2.05) is 0 Å². The van der Waals surface area contributed by atoms with Gasteiger partial charge in [0.05, 0.1) is 2.74 Å². The Hall–Kier alpha value is -1.59. The van der Waals surface area contributed by atoms with Gasteiger partial charge < -0.3 is 16.6 Å². The van der Waals surface area contributed by atoms with Crippen molar-refractivity contribution in [2.24, 2.45) is 5.73 Å². The zero-order valence-corrected chi connectivity index (χ0v) is 8.91. The van der Waals surface area contributed by atoms with Crippen molar-refractivity contribution in [1.82, 2.24) is 0 Å². The fraction of sp³-hybridized carbons (Fsp3) is 0.200. The van der Waals surface area contributed by atoms with Gasteiger partial charge in [-0.3, -0.25) is 9.59 Å². The van der Waals surface area contributed by atoms with Crippen LogP contribution in [0.3, 0.4) is 0 Å². The van der Waals surface area contributed by atoms with Crippen molar-refractivity contribution in [1.29, 1.82) is 0 Å². The molecule has 6 heteroatoms. The van der Waals surface area contributed by atoms with Gasteiger partial charge in [0.2, 0.25) is 0 Å². The van der Waals surface area contributed by atoms with Crippen LogP contribution in [-0.4, -0.2) is 22.9 Å². The maximum absolute atomic E-state index is 11.8. The van der Waals surface area contributed by atoms with Crippen molar-refractivity contribution in [2.75, 3.05) is 5.73 Å². The third kappa shape index (κ3) is 2.95. The third-order valence-electron chi connectivity index (χ3n) is 1.87. The summed E-state index contributed by atoms with van der Waals surface area (Å²) < 4.78 is 14.8. The molecule has 16 heavy (non-hydrogen) atoms. The number of benzene rings is 1. The van der Waals surface area contributed by atoms with Crippen LogP contribution >= 0.6 is 11.6 Å². The number of carbonyl (C=O) groups is 2. The second kappa shape index (κ2) is 4.96. The van der Waals surface area contributed by atoms with Crippen molar-refractivity contribution >= 4 is 29.0 Å². The van der Waals surface area contributed by atoms with Crippen LogP contribution in [0.15, 0.2) is 18.2 Å². The second-order valence-electron chi connectivity index (χ2n) is 3.06. The minimum atomic E-state index is -2.43. The average Bonchev–Trinajstić information content (AvgIpc) is 2.25. The molecule has 0 amide bonds. The lowest BCUT2D eigenvalue weighted by molar-refractivity contribution is -0.138. The van der Waals surface area contributed by atoms with E-state index in [-0.39, 0.29) is 22.3 Å². The Balaban J connectivity index is 3.07. The van der Waals surface area contributed by atoms with Crippen molar-refractivity contribution in [2.45, 2.75) is 12.4 Å². The molecule has 0 aliphatic carbocycles. The molecule has 0 aliphatic heterocycles. The smallest absolute Gasteiger partial charge is 0.320 e. The van der Waals surface area contributed by atoms with Gasteiger partial charge in [0.25, 0.3) is 0 Å². The number of carboxylic acids is 1. The molecule has 0 bridgehead atoms. The highest BCUT2D eigenvalue weighted by molar-refractivity contribution is 6.31. The molecule has 0 radical (unpaired) electrons. The third-order valence-corrected chi connectivity index (χ3v) is 2.09. The normalized spacial score (nSPS) is 15.9. The molecule has 0 spiro atoms. The van der Waals surface area contributed by atoms with E-state index in [1.54, 1.807) is 0 Å². The van der Waals surface area contributed by atoms with Gasteiger partial charge in [0, 0.05) is 22.7 Å². The molecule has 0 fully saturated rings. The first-order chi connectivity index (χ1) is 8.16. The number of nitrogen functional groups attached to an aromatic ring is 1. The number of rotatable bonds is 4. The van der Waals surface area contributed by atoms with E-state index in [2.05, 4.69) is 0 Å². The zero-order chi connectivity index (χ0) is 14.1. The highest BCUT2D eigenvalue weighted by Crippen LogP contribution is 2.19. The molecule has 1 aromatic carbocycles. The molecule has 1 unspecified atom stereocenters. The standard InChI is InChI=1S/C10H11ClN2O3/c11-5-1-2-6(7(12)3-5)9(14)4-8(13)10(15)16/h1-3,8H,4,12-13H2,(H,15,16)/i3D,8D. The number of carboxylic acid groups (broad SMARTS) is 1. The highest BCUT2D eigenvalue weighted by atomic mass is 35.5. The maximum Gasteiger partial charge on any atom is 0.320 e. The first kappa shape index (κ1) is 9.62. The Morgan fingerprint density at radius 1 is 1.62 bits per heavy atom. The molecule has 0 saturated carbocycles. The Bertz CT molecular complexity index is 520. The SMILES string of the molecule is [2H]c1c(Cl)ccc(C(=O)CC([2H])(N)C(=O)O)c1N. The van der Waals surface area contributed by atoms with E-state index < -0.39 is 24.2 Å². The largest absolute Gasteiger partial charge is 0.480 e. The number of ketones is 1. The molecule has 0 saturated heterocycles. The molecule has 0 aromatic heterocycles. The van der Waals surface area contributed by atoms with Crippen LogP contribution in [0.5, 0.6) is 0 Å². The van der Waals surface area contributed by atoms with Crippen molar-refractivity contribution in [3.05, 3.63) is 28.8 Å². The van der Waals surface area contributed by atoms with Gasteiger partial charge in [0.1, 0.15) is 6.02 Å². The van der Waals surface area contributed by atoms with Crippen LogP contribution in [0, 0.1) is 0 Å². The van der Waals surface area contributed by atoms with Crippen LogP contribution in [0.4, 0.5) is 5.69 Å². The predicted octanol–water partition coefficient (Wildman–Crippen LogP) is 0.907. The van der Waals surface area contributed by atoms with Crippen molar-refractivity contribution in [3.63, 3.8) is 0 Å². The summed E-state index contributed by atoms with van der Waals surface area (Å²) in [5.74, 6) is -2.34. The van der Waals surface area contributed by atoms with Crippen LogP contribution in [0.2, 0.25) is 5.02 Å². The number of anilines is 1. The average molecular weight is 245 g/mol. The zero-order valence-electron chi connectivity index (χ0n) is 10.2. The molecule has 1 rings (SSSR count). The fourth-order valence-corrected chi connectivity index (χ4v) is 1.24. The second-order valence-corrected chi connectivity index (χ2v) is 3.47. The summed E-state index contributed by atoms with van der Waals surface area (Å²) in [6.45, 7) is 0. The summed E-state index contributed by atoms with van der Waals surface area (Å²) in [4.78, 5) is 22.4. The lowest BCUT2D eigenvalue weighted by Crippen LogP contribution is -2.32. The Morgan fingerprint density at radius 2 is 2.25 bits per heavy atom. The number of carbonyl (C=O) groups excluding carboxylic acids is 1. The van der Waals surface area contributed by atoms with Gasteiger partial charge in [-0.1, -0.05) is 11.6 Å². The van der Waals surface area contributed by atoms with E-state index >= 15 is 0 Å². The van der Waals surface area contributed by atoms with E-state index in [4.69, 9.17) is 30.9 Å². The number of Topliss-reactive ketones (excluding diaryl/α,β-unsaturated/α-hetero) is 1. The number of hydrogen-bond donors (Lipinski definition) is 3. The predicted molar refractivity (Wildman–Crippen MR) is 60.4 cm³/mol. The van der Waals surface area contributed by atoms with Gasteiger partial charge >= 0.3 is 5.97 Å². The number of nitrogens with two attached hydrogens (primary N) is 2. The molecule has 0 aliphatic rings. The number of hydrogen-bond acceptors (Lipinski definition) is 4. The van der Waals surface area contributed by atoms with Crippen LogP contribution in [0.1, 0.15) is 19.5 Å². The summed E-state index contributed by atoms with van der Waals surface area (Å²) in [5, 5.41) is 8.73. The van der Waals surface area contributed by atoms with Crippen LogP contribution in [0.25, 0.3) is 0 Å². The Labute approximate surface area is 99.8 Å². The molecule has 0 heterocycles. The molecule has 86 valence electrons. The molecular formula is C10H11ClN2O3. The van der Waals surface area contributed by atoms with Crippen molar-refractivity contribution in [3.8, 4) is 0 Å². The molecule has 5 N–H and O–H groups in total. The van der Waals surface area contributed by atoms with Crippen LogP contribution < -0.4 is 11.5 Å². The molecule has 1 aromatic rings. The van der Waals surface area contributed by atoms with E-state index in [1.165, 1.54) is 12.1 Å². The first-order valence-corrected chi connectivity index (χ1v) is 4.64. The van der Waals surface area contributed by atoms with Gasteiger partial charge in [-0.2, -0.15) is 0 Å². The minimum Gasteiger partial charge on any atom is -0.480 e. The van der Waals surface area contributed by atoms with Crippen molar-refractivity contribution < 1.29 is 17.4 Å². The Kier molecular flexibility index (Phi) is 2.98. The monoisotopic (exact) mass is 244 g/mol. The molecular weight excluding hydrogens is 232 g/mol. The van der Waals surface area contributed by atoms with Gasteiger partial charge in [-0.15, -0.1) is 0 Å². The van der Waals surface area contributed by atoms with Gasteiger partial charge in [-0.05, 0) is 18.2 Å². The van der Waals surface area contributed by atoms with Crippen LogP contribution in [-0.2, 0) is 4.79 Å². The summed E-state index contributed by atoms with van der Waals surface area (Å²) in [5.41, 5.74) is 10.5. The maximum atomic E-state index is 11.8. The summed E-state index contributed by atoms with van der Waals surface area (Å²) >= 11 is 5.64. The van der Waals surface area contributed by atoms with Gasteiger partial charge in [0.15, 0.2) is 5.78 Å². The Morgan fingerprint density at radius 3 is 2.81 bits per heavy atom.